The van der Waals surface area contributed by atoms with Gasteiger partial charge in [-0.05, 0) is 0 Å². The third-order valence-electron chi connectivity index (χ3n) is 2.34. The van der Waals surface area contributed by atoms with E-state index in [1.807, 2.05) is 0 Å². The van der Waals surface area contributed by atoms with Crippen LogP contribution >= 0.6 is 0 Å². The molecule has 0 aliphatic heterocycles. The monoisotopic (exact) mass is 268 g/mol. The largest absolute Gasteiger partial charge is 0.496 e. The van der Waals surface area contributed by atoms with Crippen LogP contribution in [0.25, 0.3) is 0 Å². The summed E-state index contributed by atoms with van der Waals surface area (Å²) in [5.41, 5.74) is -0.252. The molecule has 0 amide bonds. The van der Waals surface area contributed by atoms with Crippen LogP contribution in [0.2, 0.25) is 0 Å². The van der Waals surface area contributed by atoms with Crippen LogP contribution in [0.1, 0.15) is 10.4 Å². The third-order valence-corrected chi connectivity index (χ3v) is 2.34. The number of carboxylic acids is 1. The Hall–Kier alpha value is -2.57. The molecular weight excluding hydrogens is 256 g/mol. The van der Waals surface area contributed by atoms with Gasteiger partial charge in [-0.25, -0.2) is 4.79 Å². The number of ketones is 2. The molecule has 1 N–H and O–H groups in total. The average molecular weight is 268 g/mol. The quantitative estimate of drug-likeness (QED) is 0.457. The van der Waals surface area contributed by atoms with Gasteiger partial charge in [-0.15, -0.1) is 0 Å². The number of carbonyl (C=O) groups excluding carboxylic acids is 2. The molecule has 0 aliphatic rings. The Bertz CT molecular complexity index is 508. The van der Waals surface area contributed by atoms with Gasteiger partial charge in [-0.3, -0.25) is 9.59 Å². The van der Waals surface area contributed by atoms with Gasteiger partial charge in [-0.2, -0.15) is 0 Å². The van der Waals surface area contributed by atoms with Crippen LogP contribution in [0.15, 0.2) is 12.1 Å². The number of methoxy groups -OCH3 is 3. The second-order valence-corrected chi connectivity index (χ2v) is 3.37. The lowest BCUT2D eigenvalue weighted by Crippen LogP contribution is -2.24. The molecule has 0 bridgehead atoms. The summed E-state index contributed by atoms with van der Waals surface area (Å²) in [6.45, 7) is 0. The highest BCUT2D eigenvalue weighted by Gasteiger charge is 2.30. The van der Waals surface area contributed by atoms with Gasteiger partial charge in [0.25, 0.3) is 0 Å². The third kappa shape index (κ3) is 2.82. The number of Topliss-reactive ketones (excluding diaryl/α,β-unsaturated/α-hetero) is 2. The Balaban J connectivity index is 3.44. The lowest BCUT2D eigenvalue weighted by molar-refractivity contribution is -0.146. The second kappa shape index (κ2) is 5.85. The van der Waals surface area contributed by atoms with Gasteiger partial charge < -0.3 is 19.3 Å². The van der Waals surface area contributed by atoms with E-state index < -0.39 is 17.5 Å². The second-order valence-electron chi connectivity index (χ2n) is 3.37. The standard InChI is InChI=1S/C12H12O7/c1-17-6-4-7(18-2)9(8(5-6)19-3)10(13)11(14)12(15)16/h4-5H,1-3H3,(H,15,16). The summed E-state index contributed by atoms with van der Waals surface area (Å²) in [6.07, 6.45) is 0. The summed E-state index contributed by atoms with van der Waals surface area (Å²) in [7, 11) is 3.95. The highest BCUT2D eigenvalue weighted by Crippen LogP contribution is 2.34. The van der Waals surface area contributed by atoms with E-state index in [0.29, 0.717) is 5.75 Å². The van der Waals surface area contributed by atoms with Crippen molar-refractivity contribution in [1.82, 2.24) is 0 Å². The Morgan fingerprint density at radius 3 is 1.74 bits per heavy atom. The number of ether oxygens (including phenoxy) is 3. The zero-order valence-corrected chi connectivity index (χ0v) is 10.6. The summed E-state index contributed by atoms with van der Waals surface area (Å²) in [6, 6.07) is 2.70. The van der Waals surface area contributed by atoms with Crippen molar-refractivity contribution in [2.75, 3.05) is 21.3 Å². The molecule has 0 atom stereocenters. The zero-order valence-electron chi connectivity index (χ0n) is 10.6. The molecule has 0 saturated heterocycles. The molecule has 0 saturated carbocycles. The fraction of sp³-hybridized carbons (Fsp3) is 0.250. The minimum atomic E-state index is -1.84. The summed E-state index contributed by atoms with van der Waals surface area (Å²) < 4.78 is 14.9. The van der Waals surface area contributed by atoms with Gasteiger partial charge in [0.2, 0.25) is 5.78 Å². The van der Waals surface area contributed by atoms with Crippen molar-refractivity contribution in [3.63, 3.8) is 0 Å². The average Bonchev–Trinajstić information content (AvgIpc) is 2.43. The molecule has 102 valence electrons. The Labute approximate surface area is 108 Å². The molecule has 0 fully saturated rings. The van der Waals surface area contributed by atoms with Crippen molar-refractivity contribution in [2.45, 2.75) is 0 Å². The van der Waals surface area contributed by atoms with Crippen LogP contribution in [-0.2, 0) is 9.59 Å². The Morgan fingerprint density at radius 1 is 0.947 bits per heavy atom. The fourth-order valence-electron chi connectivity index (χ4n) is 1.44. The summed E-state index contributed by atoms with van der Waals surface area (Å²) in [5.74, 6) is -4.30. The number of hydrogen-bond donors (Lipinski definition) is 1. The number of carboxylic acid groups (broad SMARTS) is 1. The molecule has 1 aromatic rings. The Kier molecular flexibility index (Phi) is 4.46. The van der Waals surface area contributed by atoms with E-state index in [0.717, 1.165) is 0 Å². The molecule has 0 radical (unpaired) electrons. The summed E-state index contributed by atoms with van der Waals surface area (Å²) >= 11 is 0. The maximum atomic E-state index is 11.8. The van der Waals surface area contributed by atoms with Crippen molar-refractivity contribution in [1.29, 1.82) is 0 Å². The maximum absolute atomic E-state index is 11.8. The molecule has 0 spiro atoms. The van der Waals surface area contributed by atoms with E-state index >= 15 is 0 Å². The van der Waals surface area contributed by atoms with E-state index in [1.54, 1.807) is 0 Å². The van der Waals surface area contributed by atoms with Gasteiger partial charge >= 0.3 is 11.8 Å². The normalized spacial score (nSPS) is 9.63. The molecule has 0 heterocycles. The SMILES string of the molecule is COc1cc(OC)c(C(=O)C(=O)C(=O)O)c(OC)c1. The van der Waals surface area contributed by atoms with Gasteiger partial charge in [0.1, 0.15) is 22.8 Å². The van der Waals surface area contributed by atoms with E-state index in [-0.39, 0.29) is 17.1 Å². The van der Waals surface area contributed by atoms with Gasteiger partial charge in [0.15, 0.2) is 0 Å². The maximum Gasteiger partial charge on any atom is 0.380 e. The van der Waals surface area contributed by atoms with Gasteiger partial charge in [0.05, 0.1) is 21.3 Å². The molecular formula is C12H12O7. The molecule has 7 heteroatoms. The number of aliphatic carboxylic acids is 1. The van der Waals surface area contributed by atoms with Crippen LogP contribution in [0, 0.1) is 0 Å². The highest BCUT2D eigenvalue weighted by molar-refractivity contribution is 6.65. The lowest BCUT2D eigenvalue weighted by atomic mass is 10.0. The van der Waals surface area contributed by atoms with Crippen molar-refractivity contribution >= 4 is 17.5 Å². The Morgan fingerprint density at radius 2 is 1.42 bits per heavy atom. The first-order chi connectivity index (χ1) is 8.96. The number of carbonyl (C=O) groups is 3. The summed E-state index contributed by atoms with van der Waals surface area (Å²) in [4.78, 5) is 33.6. The van der Waals surface area contributed by atoms with Crippen LogP contribution < -0.4 is 14.2 Å². The van der Waals surface area contributed by atoms with Crippen molar-refractivity contribution in [3.05, 3.63) is 17.7 Å². The minimum Gasteiger partial charge on any atom is -0.496 e. The molecule has 0 aliphatic carbocycles. The van der Waals surface area contributed by atoms with Gasteiger partial charge in [0, 0.05) is 12.1 Å². The molecule has 19 heavy (non-hydrogen) atoms. The topological polar surface area (TPSA) is 99.1 Å². The molecule has 1 aromatic carbocycles. The van der Waals surface area contributed by atoms with Crippen molar-refractivity contribution in [2.24, 2.45) is 0 Å². The smallest absolute Gasteiger partial charge is 0.380 e. The van der Waals surface area contributed by atoms with Crippen LogP contribution in [0.4, 0.5) is 0 Å². The highest BCUT2D eigenvalue weighted by atomic mass is 16.5. The van der Waals surface area contributed by atoms with Gasteiger partial charge in [-0.1, -0.05) is 0 Å². The molecule has 0 aromatic heterocycles. The predicted molar refractivity (Wildman–Crippen MR) is 63.1 cm³/mol. The molecule has 0 unspecified atom stereocenters. The zero-order chi connectivity index (χ0) is 14.6. The minimum absolute atomic E-state index is 0.00389. The predicted octanol–water partition coefficient (Wildman–Crippen LogP) is 0.549. The van der Waals surface area contributed by atoms with E-state index in [1.165, 1.54) is 33.5 Å². The fourth-order valence-corrected chi connectivity index (χ4v) is 1.44. The van der Waals surface area contributed by atoms with Crippen LogP contribution in [0.5, 0.6) is 17.2 Å². The number of rotatable bonds is 6. The first-order valence-corrected chi connectivity index (χ1v) is 5.08. The lowest BCUT2D eigenvalue weighted by Gasteiger charge is -2.13. The molecule has 7 nitrogen and oxygen atoms in total. The first kappa shape index (κ1) is 14.5. The van der Waals surface area contributed by atoms with E-state index in [9.17, 15) is 14.4 Å². The number of benzene rings is 1. The molecule has 1 rings (SSSR count). The van der Waals surface area contributed by atoms with Crippen molar-refractivity contribution in [3.8, 4) is 17.2 Å². The van der Waals surface area contributed by atoms with Crippen molar-refractivity contribution < 1.29 is 33.7 Å². The van der Waals surface area contributed by atoms with E-state index in [4.69, 9.17) is 19.3 Å². The first-order valence-electron chi connectivity index (χ1n) is 5.08. The number of hydrogen-bond acceptors (Lipinski definition) is 6. The van der Waals surface area contributed by atoms with Crippen LogP contribution in [0.3, 0.4) is 0 Å². The summed E-state index contributed by atoms with van der Waals surface area (Å²) in [5, 5.41) is 8.56. The van der Waals surface area contributed by atoms with Crippen LogP contribution in [-0.4, -0.2) is 44.0 Å². The van der Waals surface area contributed by atoms with E-state index in [2.05, 4.69) is 0 Å².